The lowest BCUT2D eigenvalue weighted by Crippen LogP contribution is -2.15. The van der Waals surface area contributed by atoms with Crippen molar-refractivity contribution in [2.24, 2.45) is 0 Å². The molecule has 0 spiro atoms. The Kier molecular flexibility index (Phi) is 3.55. The fraction of sp³-hybridized carbons (Fsp3) is 0.176. The zero-order chi connectivity index (χ0) is 15.7. The number of hydrogen-bond acceptors (Lipinski definition) is 3. The van der Waals surface area contributed by atoms with Gasteiger partial charge in [-0.3, -0.25) is 9.20 Å². The van der Waals surface area contributed by atoms with Crippen LogP contribution in [0.3, 0.4) is 0 Å². The fourth-order valence-electron chi connectivity index (χ4n) is 2.50. The van der Waals surface area contributed by atoms with Crippen LogP contribution in [0.5, 0.6) is 5.75 Å². The summed E-state index contributed by atoms with van der Waals surface area (Å²) in [6.45, 7) is 3.80. The van der Waals surface area contributed by atoms with E-state index in [4.69, 9.17) is 4.74 Å². The number of nitrogens with zero attached hydrogens (tertiary/aromatic N) is 2. The molecule has 5 nitrogen and oxygen atoms in total. The van der Waals surface area contributed by atoms with Gasteiger partial charge in [0.15, 0.2) is 11.4 Å². The molecule has 0 radical (unpaired) electrons. The van der Waals surface area contributed by atoms with Crippen molar-refractivity contribution in [1.82, 2.24) is 9.38 Å². The summed E-state index contributed by atoms with van der Waals surface area (Å²) in [6, 6.07) is 11.3. The first-order valence-corrected chi connectivity index (χ1v) is 7.00. The first-order chi connectivity index (χ1) is 10.6. The standard InChI is InChI=1S/C17H17N3O2/c1-11-6-4-7-13(10-11)19-17(21)15-12(2)18-16-14(22-3)8-5-9-20(15)16/h4-10H,1-3H3,(H,19,21). The monoisotopic (exact) mass is 295 g/mol. The average Bonchev–Trinajstić information content (AvgIpc) is 2.83. The fourth-order valence-corrected chi connectivity index (χ4v) is 2.50. The summed E-state index contributed by atoms with van der Waals surface area (Å²) in [5.41, 5.74) is 3.67. The number of amides is 1. The van der Waals surface area contributed by atoms with Crippen LogP contribution in [0.4, 0.5) is 5.69 Å². The van der Waals surface area contributed by atoms with E-state index >= 15 is 0 Å². The molecule has 22 heavy (non-hydrogen) atoms. The third-order valence-electron chi connectivity index (χ3n) is 3.50. The highest BCUT2D eigenvalue weighted by Crippen LogP contribution is 2.22. The predicted molar refractivity (Wildman–Crippen MR) is 85.6 cm³/mol. The van der Waals surface area contributed by atoms with Crippen LogP contribution < -0.4 is 10.1 Å². The van der Waals surface area contributed by atoms with Crippen LogP contribution >= 0.6 is 0 Å². The molecule has 0 aliphatic carbocycles. The Morgan fingerprint density at radius 1 is 1.23 bits per heavy atom. The van der Waals surface area contributed by atoms with E-state index in [0.717, 1.165) is 11.3 Å². The van der Waals surface area contributed by atoms with Crippen LogP contribution in [0.1, 0.15) is 21.7 Å². The number of carbonyl (C=O) groups excluding carboxylic acids is 1. The van der Waals surface area contributed by atoms with Gasteiger partial charge in [-0.05, 0) is 43.7 Å². The average molecular weight is 295 g/mol. The molecule has 0 fully saturated rings. The van der Waals surface area contributed by atoms with E-state index in [-0.39, 0.29) is 5.91 Å². The van der Waals surface area contributed by atoms with Gasteiger partial charge in [0.25, 0.3) is 5.91 Å². The number of ether oxygens (including phenoxy) is 1. The van der Waals surface area contributed by atoms with Gasteiger partial charge < -0.3 is 10.1 Å². The molecule has 112 valence electrons. The zero-order valence-corrected chi connectivity index (χ0v) is 12.8. The number of rotatable bonds is 3. The van der Waals surface area contributed by atoms with Gasteiger partial charge in [-0.2, -0.15) is 0 Å². The highest BCUT2D eigenvalue weighted by Gasteiger charge is 2.18. The number of anilines is 1. The molecule has 0 saturated carbocycles. The second kappa shape index (κ2) is 5.52. The summed E-state index contributed by atoms with van der Waals surface area (Å²) >= 11 is 0. The molecule has 0 bridgehead atoms. The lowest BCUT2D eigenvalue weighted by Gasteiger charge is -2.07. The summed E-state index contributed by atoms with van der Waals surface area (Å²) < 4.78 is 7.04. The highest BCUT2D eigenvalue weighted by molar-refractivity contribution is 6.04. The molecular formula is C17H17N3O2. The van der Waals surface area contributed by atoms with E-state index in [9.17, 15) is 4.79 Å². The van der Waals surface area contributed by atoms with Crippen molar-refractivity contribution < 1.29 is 9.53 Å². The lowest BCUT2D eigenvalue weighted by atomic mass is 10.2. The van der Waals surface area contributed by atoms with Crippen molar-refractivity contribution in [3.63, 3.8) is 0 Å². The maximum Gasteiger partial charge on any atom is 0.274 e. The first kappa shape index (κ1) is 14.1. The summed E-state index contributed by atoms with van der Waals surface area (Å²) in [5.74, 6) is 0.448. The van der Waals surface area contributed by atoms with Gasteiger partial charge in [-0.25, -0.2) is 4.98 Å². The van der Waals surface area contributed by atoms with Gasteiger partial charge in [0.1, 0.15) is 5.69 Å². The molecule has 1 amide bonds. The van der Waals surface area contributed by atoms with Crippen molar-refractivity contribution >= 4 is 17.2 Å². The van der Waals surface area contributed by atoms with Gasteiger partial charge in [0, 0.05) is 11.9 Å². The number of methoxy groups -OCH3 is 1. The Morgan fingerprint density at radius 3 is 2.77 bits per heavy atom. The molecule has 2 heterocycles. The van der Waals surface area contributed by atoms with Crippen LogP contribution in [0, 0.1) is 13.8 Å². The minimum atomic E-state index is -0.191. The van der Waals surface area contributed by atoms with Crippen LogP contribution in [0.25, 0.3) is 5.65 Å². The number of hydrogen-bond donors (Lipinski definition) is 1. The van der Waals surface area contributed by atoms with Gasteiger partial charge in [-0.1, -0.05) is 12.1 Å². The molecule has 3 aromatic rings. The maximum absolute atomic E-state index is 12.6. The number of fused-ring (bicyclic) bond motifs is 1. The minimum absolute atomic E-state index is 0.191. The molecule has 2 aromatic heterocycles. The highest BCUT2D eigenvalue weighted by atomic mass is 16.5. The van der Waals surface area contributed by atoms with Crippen LogP contribution in [0.2, 0.25) is 0 Å². The Bertz CT molecular complexity index is 852. The number of pyridine rings is 1. The molecule has 1 aromatic carbocycles. The summed E-state index contributed by atoms with van der Waals surface area (Å²) in [5, 5.41) is 2.92. The Labute approximate surface area is 128 Å². The normalized spacial score (nSPS) is 10.7. The molecule has 0 atom stereocenters. The van der Waals surface area contributed by atoms with E-state index in [1.54, 1.807) is 11.5 Å². The SMILES string of the molecule is COc1cccn2c(C(=O)Nc3cccc(C)c3)c(C)nc12. The number of aryl methyl sites for hydroxylation is 2. The summed E-state index contributed by atoms with van der Waals surface area (Å²) in [6.07, 6.45) is 1.81. The van der Waals surface area contributed by atoms with Gasteiger partial charge in [0.2, 0.25) is 0 Å². The first-order valence-electron chi connectivity index (χ1n) is 7.00. The quantitative estimate of drug-likeness (QED) is 0.807. The van der Waals surface area contributed by atoms with Crippen LogP contribution in [-0.2, 0) is 0 Å². The maximum atomic E-state index is 12.6. The number of aromatic nitrogens is 2. The summed E-state index contributed by atoms with van der Waals surface area (Å²) in [7, 11) is 1.59. The van der Waals surface area contributed by atoms with E-state index in [1.165, 1.54) is 0 Å². The molecule has 1 N–H and O–H groups in total. The van der Waals surface area contributed by atoms with Gasteiger partial charge in [-0.15, -0.1) is 0 Å². The molecule has 3 rings (SSSR count). The largest absolute Gasteiger partial charge is 0.493 e. The van der Waals surface area contributed by atoms with Crippen molar-refractivity contribution in [2.45, 2.75) is 13.8 Å². The van der Waals surface area contributed by atoms with E-state index in [0.29, 0.717) is 22.8 Å². The van der Waals surface area contributed by atoms with E-state index in [2.05, 4.69) is 10.3 Å². The molecule has 5 heteroatoms. The molecule has 0 unspecified atom stereocenters. The third kappa shape index (κ3) is 2.41. The summed E-state index contributed by atoms with van der Waals surface area (Å²) in [4.78, 5) is 17.0. The van der Waals surface area contributed by atoms with Gasteiger partial charge >= 0.3 is 0 Å². The Morgan fingerprint density at radius 2 is 2.05 bits per heavy atom. The van der Waals surface area contributed by atoms with Crippen molar-refractivity contribution in [3.05, 3.63) is 59.5 Å². The Hall–Kier alpha value is -2.82. The van der Waals surface area contributed by atoms with Crippen molar-refractivity contribution in [3.8, 4) is 5.75 Å². The molecular weight excluding hydrogens is 278 g/mol. The predicted octanol–water partition coefficient (Wildman–Crippen LogP) is 3.21. The Balaban J connectivity index is 2.02. The van der Waals surface area contributed by atoms with Gasteiger partial charge in [0.05, 0.1) is 12.8 Å². The molecule has 0 aliphatic heterocycles. The number of nitrogens with one attached hydrogen (secondary N) is 1. The van der Waals surface area contributed by atoms with Crippen LogP contribution in [-0.4, -0.2) is 22.4 Å². The smallest absolute Gasteiger partial charge is 0.274 e. The molecule has 0 aliphatic rings. The lowest BCUT2D eigenvalue weighted by molar-refractivity contribution is 0.102. The van der Waals surface area contributed by atoms with Crippen molar-refractivity contribution in [2.75, 3.05) is 12.4 Å². The molecule has 0 saturated heterocycles. The van der Waals surface area contributed by atoms with Crippen molar-refractivity contribution in [1.29, 1.82) is 0 Å². The number of imidazole rings is 1. The minimum Gasteiger partial charge on any atom is -0.493 e. The number of benzene rings is 1. The van der Waals surface area contributed by atoms with E-state index < -0.39 is 0 Å². The third-order valence-corrected chi connectivity index (χ3v) is 3.50. The number of carbonyl (C=O) groups is 1. The zero-order valence-electron chi connectivity index (χ0n) is 12.8. The topological polar surface area (TPSA) is 55.6 Å². The van der Waals surface area contributed by atoms with E-state index in [1.807, 2.05) is 56.4 Å². The second-order valence-corrected chi connectivity index (χ2v) is 5.14. The van der Waals surface area contributed by atoms with Crippen LogP contribution in [0.15, 0.2) is 42.6 Å². The second-order valence-electron chi connectivity index (χ2n) is 5.14.